The molecule has 2 saturated heterocycles. The van der Waals surface area contributed by atoms with E-state index < -0.39 is 0 Å². The van der Waals surface area contributed by atoms with Crippen LogP contribution in [0.2, 0.25) is 0 Å². The molecule has 0 aliphatic carbocycles. The predicted molar refractivity (Wildman–Crippen MR) is 39.8 cm³/mol. The summed E-state index contributed by atoms with van der Waals surface area (Å²) >= 11 is 0. The van der Waals surface area contributed by atoms with Crippen molar-refractivity contribution in [2.24, 2.45) is 0 Å². The fraction of sp³-hybridized carbons (Fsp3) is 0.750. The highest BCUT2D eigenvalue weighted by atomic mass is 16.5. The molecule has 3 nitrogen and oxygen atoms in total. The van der Waals surface area contributed by atoms with Crippen molar-refractivity contribution in [3.63, 3.8) is 0 Å². The minimum absolute atomic E-state index is 0.264. The highest BCUT2D eigenvalue weighted by molar-refractivity contribution is 5.80. The van der Waals surface area contributed by atoms with Gasteiger partial charge in [0.05, 0.1) is 13.2 Å². The van der Waals surface area contributed by atoms with E-state index in [-0.39, 0.29) is 6.04 Å². The molecule has 0 aromatic heterocycles. The molecule has 1 radical (unpaired) electrons. The number of carbonyl (C=O) groups excluding carboxylic acids is 1. The van der Waals surface area contributed by atoms with Crippen LogP contribution in [-0.2, 0) is 9.53 Å². The first-order valence-corrected chi connectivity index (χ1v) is 4.05. The van der Waals surface area contributed by atoms with E-state index >= 15 is 0 Å². The smallest absolute Gasteiger partial charge is 0.136 e. The van der Waals surface area contributed by atoms with E-state index in [1.165, 1.54) is 0 Å². The van der Waals surface area contributed by atoms with Gasteiger partial charge in [0.1, 0.15) is 5.78 Å². The van der Waals surface area contributed by atoms with E-state index in [0.717, 1.165) is 6.42 Å². The summed E-state index contributed by atoms with van der Waals surface area (Å²) in [6.07, 6.45) is 2.18. The Morgan fingerprint density at radius 3 is 3.18 bits per heavy atom. The number of nitrogens with one attached hydrogen (secondary N) is 1. The summed E-state index contributed by atoms with van der Waals surface area (Å²) in [5.74, 6) is 0.373. The Morgan fingerprint density at radius 1 is 1.45 bits per heavy atom. The highest BCUT2D eigenvalue weighted by Crippen LogP contribution is 2.17. The van der Waals surface area contributed by atoms with Gasteiger partial charge in [-0.3, -0.25) is 4.79 Å². The molecule has 3 heteroatoms. The topological polar surface area (TPSA) is 38.3 Å². The molecule has 0 saturated carbocycles. The van der Waals surface area contributed by atoms with E-state index in [9.17, 15) is 4.79 Å². The number of hydrogen-bond donors (Lipinski definition) is 1. The van der Waals surface area contributed by atoms with Gasteiger partial charge in [-0.05, 0) is 6.42 Å². The number of hydrogen-bond acceptors (Lipinski definition) is 3. The molecule has 2 atom stereocenters. The van der Waals surface area contributed by atoms with Crippen molar-refractivity contribution in [2.75, 3.05) is 6.61 Å². The summed E-state index contributed by atoms with van der Waals surface area (Å²) in [5, 5.41) is 3.37. The van der Waals surface area contributed by atoms with Crippen LogP contribution in [0.15, 0.2) is 0 Å². The van der Waals surface area contributed by atoms with Crippen molar-refractivity contribution < 1.29 is 9.53 Å². The number of Topliss-reactive ketones (excluding diaryl/α,β-unsaturated/α-hetero) is 1. The normalized spacial score (nSPS) is 38.4. The van der Waals surface area contributed by atoms with Gasteiger partial charge in [0.15, 0.2) is 0 Å². The van der Waals surface area contributed by atoms with Crippen molar-refractivity contribution in [1.82, 2.24) is 5.32 Å². The van der Waals surface area contributed by atoms with Crippen molar-refractivity contribution >= 4 is 5.78 Å². The van der Waals surface area contributed by atoms with E-state index in [0.29, 0.717) is 31.3 Å². The molecule has 0 spiro atoms. The lowest BCUT2D eigenvalue weighted by Gasteiger charge is -2.25. The van der Waals surface area contributed by atoms with E-state index in [2.05, 4.69) is 5.32 Å². The van der Waals surface area contributed by atoms with Gasteiger partial charge in [0, 0.05) is 24.9 Å². The van der Waals surface area contributed by atoms with Crippen LogP contribution in [0.25, 0.3) is 0 Å². The quantitative estimate of drug-likeness (QED) is 0.544. The Bertz CT molecular complexity index is 153. The van der Waals surface area contributed by atoms with E-state index in [1.807, 2.05) is 6.61 Å². The molecule has 2 fully saturated rings. The third-order valence-electron chi connectivity index (χ3n) is 2.22. The first-order chi connectivity index (χ1) is 5.34. The first-order valence-electron chi connectivity index (χ1n) is 4.05. The summed E-state index contributed by atoms with van der Waals surface area (Å²) < 4.78 is 5.22. The Hall–Kier alpha value is -0.410. The maximum absolute atomic E-state index is 11.1. The maximum atomic E-state index is 11.1. The van der Waals surface area contributed by atoms with Gasteiger partial charge in [-0.25, -0.2) is 0 Å². The molecule has 0 aromatic carbocycles. The van der Waals surface area contributed by atoms with Crippen molar-refractivity contribution in [1.29, 1.82) is 0 Å². The minimum atomic E-state index is 0.264. The first kappa shape index (κ1) is 7.25. The zero-order valence-corrected chi connectivity index (χ0v) is 6.38. The van der Waals surface area contributed by atoms with Crippen LogP contribution >= 0.6 is 0 Å². The lowest BCUT2D eigenvalue weighted by Crippen LogP contribution is -2.46. The largest absolute Gasteiger partial charge is 0.374 e. The van der Waals surface area contributed by atoms with Gasteiger partial charge in [-0.1, -0.05) is 0 Å². The predicted octanol–water partition coefficient (Wildman–Crippen LogP) is 0.258. The lowest BCUT2D eigenvalue weighted by molar-refractivity contribution is -0.121. The van der Waals surface area contributed by atoms with E-state index in [4.69, 9.17) is 4.74 Å². The fourth-order valence-corrected chi connectivity index (χ4v) is 1.71. The average Bonchev–Trinajstić information content (AvgIpc) is 2.11. The molecule has 2 aliphatic heterocycles. The molecule has 2 aliphatic rings. The van der Waals surface area contributed by atoms with Gasteiger partial charge < -0.3 is 10.1 Å². The minimum Gasteiger partial charge on any atom is -0.374 e. The fourth-order valence-electron chi connectivity index (χ4n) is 1.71. The Balaban J connectivity index is 2.04. The maximum Gasteiger partial charge on any atom is 0.136 e. The van der Waals surface area contributed by atoms with Gasteiger partial charge in [0.2, 0.25) is 0 Å². The molecular formula is C8H12NO2. The zero-order chi connectivity index (χ0) is 7.68. The Labute approximate surface area is 66.1 Å². The van der Waals surface area contributed by atoms with Crippen LogP contribution in [0.3, 0.4) is 0 Å². The highest BCUT2D eigenvalue weighted by Gasteiger charge is 2.28. The summed E-state index contributed by atoms with van der Waals surface area (Å²) in [7, 11) is 0. The van der Waals surface area contributed by atoms with Crippen molar-refractivity contribution in [2.45, 2.75) is 31.3 Å². The third kappa shape index (κ3) is 1.60. The summed E-state index contributed by atoms with van der Waals surface area (Å²) in [5.41, 5.74) is 0. The van der Waals surface area contributed by atoms with Crippen LogP contribution in [0, 0.1) is 6.61 Å². The van der Waals surface area contributed by atoms with Crippen molar-refractivity contribution in [3.8, 4) is 0 Å². The molecule has 2 bridgehead atoms. The van der Waals surface area contributed by atoms with Gasteiger partial charge >= 0.3 is 0 Å². The second kappa shape index (κ2) is 2.91. The third-order valence-corrected chi connectivity index (χ3v) is 2.22. The average molecular weight is 154 g/mol. The second-order valence-electron chi connectivity index (χ2n) is 3.24. The number of ether oxygens (including phenoxy) is 1. The van der Waals surface area contributed by atoms with Gasteiger partial charge in [-0.2, -0.15) is 0 Å². The monoisotopic (exact) mass is 154 g/mol. The Kier molecular flexibility index (Phi) is 1.92. The molecule has 0 amide bonds. The van der Waals surface area contributed by atoms with Gasteiger partial charge in [0.25, 0.3) is 0 Å². The lowest BCUT2D eigenvalue weighted by atomic mass is 9.97. The number of rotatable bonds is 0. The number of fused-ring (bicyclic) bond motifs is 2. The SMILES string of the molecule is O=C1CC2C[CH]OCC(C1)N2. The molecule has 0 aromatic rings. The van der Waals surface area contributed by atoms with Gasteiger partial charge in [-0.15, -0.1) is 0 Å². The van der Waals surface area contributed by atoms with Crippen LogP contribution in [-0.4, -0.2) is 24.5 Å². The molecule has 11 heavy (non-hydrogen) atoms. The summed E-state index contributed by atoms with van der Waals surface area (Å²) in [6, 6.07) is 0.601. The van der Waals surface area contributed by atoms with Crippen molar-refractivity contribution in [3.05, 3.63) is 6.61 Å². The number of ketones is 1. The molecule has 2 unspecified atom stereocenters. The molecular weight excluding hydrogens is 142 g/mol. The van der Waals surface area contributed by atoms with Crippen LogP contribution in [0.4, 0.5) is 0 Å². The summed E-state index contributed by atoms with van der Waals surface area (Å²) in [6.45, 7) is 2.47. The van der Waals surface area contributed by atoms with Crippen LogP contribution in [0.1, 0.15) is 19.3 Å². The number of piperidine rings is 1. The molecule has 1 N–H and O–H groups in total. The standard InChI is InChI=1S/C8H12NO2/c10-8-3-6-1-2-11-5-7(4-8)9-6/h2,6-7,9H,1,3-5H2. The molecule has 61 valence electrons. The van der Waals surface area contributed by atoms with Crippen LogP contribution in [0.5, 0.6) is 0 Å². The second-order valence-corrected chi connectivity index (χ2v) is 3.24. The molecule has 2 rings (SSSR count). The Morgan fingerprint density at radius 2 is 2.27 bits per heavy atom. The zero-order valence-electron chi connectivity index (χ0n) is 6.38. The number of carbonyl (C=O) groups is 1. The van der Waals surface area contributed by atoms with Crippen LogP contribution < -0.4 is 5.32 Å². The summed E-state index contributed by atoms with van der Waals surface area (Å²) in [4.78, 5) is 11.1. The van der Waals surface area contributed by atoms with E-state index in [1.54, 1.807) is 0 Å². The molecule has 2 heterocycles.